The van der Waals surface area contributed by atoms with E-state index in [1.165, 1.54) is 16.0 Å². The van der Waals surface area contributed by atoms with Crippen molar-refractivity contribution in [1.82, 2.24) is 4.72 Å². The fraction of sp³-hybridized carbons (Fsp3) is 0.636. The smallest absolute Gasteiger partial charge is 0.209 e. The first-order chi connectivity index (χ1) is 7.20. The number of rotatable bonds is 4. The molecule has 0 aromatic carbocycles. The van der Waals surface area contributed by atoms with Crippen molar-refractivity contribution in [2.45, 2.75) is 33.7 Å². The molecule has 1 rings (SSSR count). The zero-order valence-electron chi connectivity index (χ0n) is 10.4. The van der Waals surface area contributed by atoms with Crippen molar-refractivity contribution in [2.75, 3.05) is 6.26 Å². The van der Waals surface area contributed by atoms with Gasteiger partial charge in [-0.1, -0.05) is 13.8 Å². The normalized spacial score (nSPS) is 14.4. The van der Waals surface area contributed by atoms with Gasteiger partial charge in [-0.15, -0.1) is 11.3 Å². The molecule has 1 unspecified atom stereocenters. The van der Waals surface area contributed by atoms with Gasteiger partial charge in [0, 0.05) is 15.8 Å². The maximum absolute atomic E-state index is 11.3. The van der Waals surface area contributed by atoms with E-state index >= 15 is 0 Å². The van der Waals surface area contributed by atoms with Gasteiger partial charge in [0.15, 0.2) is 0 Å². The fourth-order valence-corrected chi connectivity index (χ4v) is 3.58. The second kappa shape index (κ2) is 4.85. The van der Waals surface area contributed by atoms with Gasteiger partial charge in [0.25, 0.3) is 0 Å². The topological polar surface area (TPSA) is 46.2 Å². The van der Waals surface area contributed by atoms with Gasteiger partial charge in [-0.25, -0.2) is 13.1 Å². The van der Waals surface area contributed by atoms with Crippen LogP contribution in [0.25, 0.3) is 0 Å². The summed E-state index contributed by atoms with van der Waals surface area (Å²) >= 11 is 1.71. The third kappa shape index (κ3) is 3.57. The highest BCUT2D eigenvalue weighted by molar-refractivity contribution is 7.88. The summed E-state index contributed by atoms with van der Waals surface area (Å²) in [6.07, 6.45) is 1.21. The first kappa shape index (κ1) is 13.7. The van der Waals surface area contributed by atoms with Crippen LogP contribution >= 0.6 is 11.3 Å². The van der Waals surface area contributed by atoms with E-state index in [-0.39, 0.29) is 12.0 Å². The SMILES string of the molecule is Cc1cc(C(NS(C)(=O)=O)C(C)C)c(C)s1. The van der Waals surface area contributed by atoms with Gasteiger partial charge in [-0.3, -0.25) is 0 Å². The molecule has 16 heavy (non-hydrogen) atoms. The van der Waals surface area contributed by atoms with E-state index in [1.54, 1.807) is 11.3 Å². The molecule has 0 saturated carbocycles. The molecular weight excluding hydrogens is 242 g/mol. The molecule has 0 aliphatic carbocycles. The minimum absolute atomic E-state index is 0.125. The Morgan fingerprint density at radius 3 is 2.19 bits per heavy atom. The van der Waals surface area contributed by atoms with E-state index in [9.17, 15) is 8.42 Å². The minimum Gasteiger partial charge on any atom is -0.213 e. The van der Waals surface area contributed by atoms with Crippen LogP contribution in [0.15, 0.2) is 6.07 Å². The van der Waals surface area contributed by atoms with Crippen LogP contribution in [0.4, 0.5) is 0 Å². The van der Waals surface area contributed by atoms with Crippen LogP contribution in [-0.4, -0.2) is 14.7 Å². The Morgan fingerprint density at radius 1 is 1.31 bits per heavy atom. The molecule has 0 radical (unpaired) electrons. The third-order valence-electron chi connectivity index (χ3n) is 2.42. The molecule has 0 aliphatic rings. The highest BCUT2D eigenvalue weighted by Crippen LogP contribution is 2.30. The predicted octanol–water partition coefficient (Wildman–Crippen LogP) is 2.61. The van der Waals surface area contributed by atoms with Crippen LogP contribution in [0.3, 0.4) is 0 Å². The highest BCUT2D eigenvalue weighted by Gasteiger charge is 2.22. The Labute approximate surface area is 102 Å². The molecular formula is C11H19NO2S2. The summed E-state index contributed by atoms with van der Waals surface area (Å²) in [7, 11) is -3.17. The molecule has 1 heterocycles. The van der Waals surface area contributed by atoms with Crippen LogP contribution in [0.2, 0.25) is 0 Å². The lowest BCUT2D eigenvalue weighted by atomic mass is 9.97. The monoisotopic (exact) mass is 261 g/mol. The van der Waals surface area contributed by atoms with E-state index < -0.39 is 10.0 Å². The first-order valence-corrected chi connectivity index (χ1v) is 7.95. The van der Waals surface area contributed by atoms with E-state index in [1.807, 2.05) is 27.7 Å². The van der Waals surface area contributed by atoms with Crippen LogP contribution in [0.5, 0.6) is 0 Å². The molecule has 0 spiro atoms. The lowest BCUT2D eigenvalue weighted by molar-refractivity contribution is 0.464. The first-order valence-electron chi connectivity index (χ1n) is 5.25. The predicted molar refractivity (Wildman–Crippen MR) is 69.4 cm³/mol. The van der Waals surface area contributed by atoms with Gasteiger partial charge >= 0.3 is 0 Å². The van der Waals surface area contributed by atoms with E-state index in [0.717, 1.165) is 5.56 Å². The van der Waals surface area contributed by atoms with Gasteiger partial charge in [0.05, 0.1) is 6.26 Å². The van der Waals surface area contributed by atoms with Crippen LogP contribution in [-0.2, 0) is 10.0 Å². The molecule has 0 bridgehead atoms. The summed E-state index contributed by atoms with van der Waals surface area (Å²) in [5.41, 5.74) is 1.10. The van der Waals surface area contributed by atoms with Crippen molar-refractivity contribution in [3.8, 4) is 0 Å². The van der Waals surface area contributed by atoms with Crippen molar-refractivity contribution >= 4 is 21.4 Å². The summed E-state index contributed by atoms with van der Waals surface area (Å²) in [6, 6.07) is 1.95. The molecule has 0 fully saturated rings. The highest BCUT2D eigenvalue weighted by atomic mass is 32.2. The molecule has 0 saturated heterocycles. The number of thiophene rings is 1. The molecule has 0 amide bonds. The molecule has 1 aromatic rings. The lowest BCUT2D eigenvalue weighted by Crippen LogP contribution is -2.30. The van der Waals surface area contributed by atoms with Gasteiger partial charge in [0.2, 0.25) is 10.0 Å². The molecule has 1 N–H and O–H groups in total. The fourth-order valence-electron chi connectivity index (χ4n) is 1.75. The minimum atomic E-state index is -3.17. The third-order valence-corrected chi connectivity index (χ3v) is 4.09. The van der Waals surface area contributed by atoms with Crippen molar-refractivity contribution < 1.29 is 8.42 Å². The van der Waals surface area contributed by atoms with Gasteiger partial charge < -0.3 is 0 Å². The number of hydrogen-bond donors (Lipinski definition) is 1. The lowest BCUT2D eigenvalue weighted by Gasteiger charge is -2.21. The van der Waals surface area contributed by atoms with E-state index in [4.69, 9.17) is 0 Å². The zero-order chi connectivity index (χ0) is 12.5. The van der Waals surface area contributed by atoms with Crippen molar-refractivity contribution in [1.29, 1.82) is 0 Å². The standard InChI is InChI=1S/C11H19NO2S2/c1-7(2)11(12-16(5,13)14)10-6-8(3)15-9(10)4/h6-7,11-12H,1-5H3. The van der Waals surface area contributed by atoms with Gasteiger partial charge in [-0.05, 0) is 31.4 Å². The Bertz CT molecular complexity index is 460. The average Bonchev–Trinajstić information content (AvgIpc) is 2.39. The summed E-state index contributed by atoms with van der Waals surface area (Å²) in [5.74, 6) is 0.238. The maximum Gasteiger partial charge on any atom is 0.209 e. The Balaban J connectivity index is 3.08. The number of nitrogens with one attached hydrogen (secondary N) is 1. The molecule has 5 heteroatoms. The second-order valence-corrected chi connectivity index (χ2v) is 7.72. The summed E-state index contributed by atoms with van der Waals surface area (Å²) in [6.45, 7) is 8.12. The summed E-state index contributed by atoms with van der Waals surface area (Å²) in [5, 5.41) is 0. The van der Waals surface area contributed by atoms with Crippen LogP contribution in [0.1, 0.15) is 35.2 Å². The van der Waals surface area contributed by atoms with Gasteiger partial charge in [0.1, 0.15) is 0 Å². The number of sulfonamides is 1. The Morgan fingerprint density at radius 2 is 1.88 bits per heavy atom. The average molecular weight is 261 g/mol. The zero-order valence-corrected chi connectivity index (χ0v) is 12.0. The van der Waals surface area contributed by atoms with Crippen molar-refractivity contribution in [3.05, 3.63) is 21.4 Å². The largest absolute Gasteiger partial charge is 0.213 e. The van der Waals surface area contributed by atoms with E-state index in [2.05, 4.69) is 10.8 Å². The quantitative estimate of drug-likeness (QED) is 0.905. The Kier molecular flexibility index (Phi) is 4.15. The summed E-state index contributed by atoms with van der Waals surface area (Å²) < 4.78 is 25.4. The molecule has 0 aliphatic heterocycles. The van der Waals surface area contributed by atoms with Crippen molar-refractivity contribution in [3.63, 3.8) is 0 Å². The number of aryl methyl sites for hydroxylation is 2. The molecule has 92 valence electrons. The van der Waals surface area contributed by atoms with Gasteiger partial charge in [-0.2, -0.15) is 0 Å². The Hall–Kier alpha value is -0.390. The number of hydrogen-bond acceptors (Lipinski definition) is 3. The maximum atomic E-state index is 11.3. The second-order valence-electron chi connectivity index (χ2n) is 4.48. The molecule has 3 nitrogen and oxygen atoms in total. The molecule has 1 atom stereocenters. The van der Waals surface area contributed by atoms with Crippen molar-refractivity contribution in [2.24, 2.45) is 5.92 Å². The summed E-state index contributed by atoms with van der Waals surface area (Å²) in [4.78, 5) is 2.40. The van der Waals surface area contributed by atoms with Crippen LogP contribution in [0, 0.1) is 19.8 Å². The molecule has 1 aromatic heterocycles. The van der Waals surface area contributed by atoms with E-state index in [0.29, 0.717) is 0 Å². The van der Waals surface area contributed by atoms with Crippen LogP contribution < -0.4 is 4.72 Å².